The zero-order valence-electron chi connectivity index (χ0n) is 13.4. The van der Waals surface area contributed by atoms with Crippen LogP contribution >= 0.6 is 11.6 Å². The number of nitrogens with one attached hydrogen (secondary N) is 2. The van der Waals surface area contributed by atoms with E-state index in [0.717, 1.165) is 38.4 Å². The first-order chi connectivity index (χ1) is 10.3. The Hall–Kier alpha value is -1.30. The Balaban J connectivity index is 1.95. The summed E-state index contributed by atoms with van der Waals surface area (Å²) in [5.41, 5.74) is 1.48. The van der Waals surface area contributed by atoms with Gasteiger partial charge in [-0.1, -0.05) is 17.7 Å². The van der Waals surface area contributed by atoms with Crippen LogP contribution in [0.2, 0.25) is 5.02 Å². The maximum atomic E-state index is 11.9. The molecular weight excluding hydrogens is 302 g/mol. The SMILES string of the molecule is CC(C)(C)NC(=O)Nc1ccc(CN2CCOCC2)c(Cl)c1. The number of carbonyl (C=O) groups is 1. The van der Waals surface area contributed by atoms with Crippen LogP contribution in [0.3, 0.4) is 0 Å². The average Bonchev–Trinajstić information content (AvgIpc) is 2.41. The van der Waals surface area contributed by atoms with Gasteiger partial charge in [-0.05, 0) is 38.5 Å². The lowest BCUT2D eigenvalue weighted by Crippen LogP contribution is -2.43. The molecule has 0 saturated carbocycles. The lowest BCUT2D eigenvalue weighted by atomic mass is 10.1. The highest BCUT2D eigenvalue weighted by atomic mass is 35.5. The van der Waals surface area contributed by atoms with Crippen molar-refractivity contribution in [3.8, 4) is 0 Å². The molecule has 1 fully saturated rings. The van der Waals surface area contributed by atoms with Crippen LogP contribution < -0.4 is 10.6 Å². The molecule has 1 aromatic rings. The number of halogens is 1. The van der Waals surface area contributed by atoms with E-state index < -0.39 is 0 Å². The van der Waals surface area contributed by atoms with Crippen LogP contribution in [0.1, 0.15) is 26.3 Å². The number of ether oxygens (including phenoxy) is 1. The normalized spacial score (nSPS) is 16.4. The molecule has 6 heteroatoms. The van der Waals surface area contributed by atoms with Gasteiger partial charge < -0.3 is 15.4 Å². The summed E-state index contributed by atoms with van der Waals surface area (Å²) in [5.74, 6) is 0. The third kappa shape index (κ3) is 5.48. The topological polar surface area (TPSA) is 53.6 Å². The molecule has 0 radical (unpaired) electrons. The Kier molecular flexibility index (Phi) is 5.67. The predicted octanol–water partition coefficient (Wildman–Crippen LogP) is 3.09. The molecule has 1 heterocycles. The molecule has 2 N–H and O–H groups in total. The molecule has 0 unspecified atom stereocenters. The monoisotopic (exact) mass is 325 g/mol. The minimum absolute atomic E-state index is 0.232. The van der Waals surface area contributed by atoms with Crippen LogP contribution in [-0.4, -0.2) is 42.8 Å². The lowest BCUT2D eigenvalue weighted by molar-refractivity contribution is 0.0342. The highest BCUT2D eigenvalue weighted by Crippen LogP contribution is 2.23. The Morgan fingerprint density at radius 1 is 1.32 bits per heavy atom. The predicted molar refractivity (Wildman–Crippen MR) is 89.5 cm³/mol. The van der Waals surface area contributed by atoms with Gasteiger partial charge in [-0.25, -0.2) is 4.79 Å². The zero-order valence-corrected chi connectivity index (χ0v) is 14.2. The van der Waals surface area contributed by atoms with E-state index in [1.807, 2.05) is 32.9 Å². The van der Waals surface area contributed by atoms with Gasteiger partial charge in [0.25, 0.3) is 0 Å². The first kappa shape index (κ1) is 17.1. The van der Waals surface area contributed by atoms with E-state index in [1.54, 1.807) is 6.07 Å². The Morgan fingerprint density at radius 2 is 2.00 bits per heavy atom. The quantitative estimate of drug-likeness (QED) is 0.898. The number of hydrogen-bond acceptors (Lipinski definition) is 3. The summed E-state index contributed by atoms with van der Waals surface area (Å²) in [6.07, 6.45) is 0. The summed E-state index contributed by atoms with van der Waals surface area (Å²) in [6.45, 7) is 9.99. The highest BCUT2D eigenvalue weighted by Gasteiger charge is 2.15. The second-order valence-corrected chi connectivity index (χ2v) is 6.93. The van der Waals surface area contributed by atoms with Gasteiger partial charge in [-0.15, -0.1) is 0 Å². The average molecular weight is 326 g/mol. The molecule has 22 heavy (non-hydrogen) atoms. The number of rotatable bonds is 3. The smallest absolute Gasteiger partial charge is 0.319 e. The van der Waals surface area contributed by atoms with E-state index in [9.17, 15) is 4.79 Å². The summed E-state index contributed by atoms with van der Waals surface area (Å²) in [6, 6.07) is 5.40. The molecule has 1 aromatic carbocycles. The van der Waals surface area contributed by atoms with E-state index in [2.05, 4.69) is 15.5 Å². The van der Waals surface area contributed by atoms with Crippen molar-refractivity contribution in [2.45, 2.75) is 32.9 Å². The maximum Gasteiger partial charge on any atom is 0.319 e. The molecule has 0 bridgehead atoms. The molecule has 1 saturated heterocycles. The van der Waals surface area contributed by atoms with E-state index in [0.29, 0.717) is 10.7 Å². The van der Waals surface area contributed by atoms with Crippen molar-refractivity contribution in [1.82, 2.24) is 10.2 Å². The summed E-state index contributed by atoms with van der Waals surface area (Å²) < 4.78 is 5.34. The van der Waals surface area contributed by atoms with Crippen molar-refractivity contribution in [3.63, 3.8) is 0 Å². The number of anilines is 1. The van der Waals surface area contributed by atoms with E-state index in [-0.39, 0.29) is 11.6 Å². The molecule has 0 atom stereocenters. The minimum Gasteiger partial charge on any atom is -0.379 e. The number of urea groups is 1. The Bertz CT molecular complexity index is 523. The summed E-state index contributed by atoms with van der Waals surface area (Å²) in [4.78, 5) is 14.2. The molecule has 0 aliphatic carbocycles. The van der Waals surface area contributed by atoms with Gasteiger partial charge in [-0.3, -0.25) is 4.90 Å². The number of carbonyl (C=O) groups excluding carboxylic acids is 1. The van der Waals surface area contributed by atoms with Crippen LogP contribution in [0.4, 0.5) is 10.5 Å². The Morgan fingerprint density at radius 3 is 2.59 bits per heavy atom. The summed E-state index contributed by atoms with van der Waals surface area (Å²) in [5, 5.41) is 6.32. The largest absolute Gasteiger partial charge is 0.379 e. The number of amides is 2. The van der Waals surface area contributed by atoms with Crippen molar-refractivity contribution in [1.29, 1.82) is 0 Å². The molecule has 0 spiro atoms. The van der Waals surface area contributed by atoms with Crippen molar-refractivity contribution < 1.29 is 9.53 Å². The molecule has 2 amide bonds. The second kappa shape index (κ2) is 7.31. The van der Waals surface area contributed by atoms with E-state index in [4.69, 9.17) is 16.3 Å². The summed E-state index contributed by atoms with van der Waals surface area (Å²) >= 11 is 6.34. The van der Waals surface area contributed by atoms with E-state index >= 15 is 0 Å². The molecule has 5 nitrogen and oxygen atoms in total. The molecule has 1 aliphatic rings. The standard InChI is InChI=1S/C16H24ClN3O2/c1-16(2,3)19-15(21)18-13-5-4-12(14(17)10-13)11-20-6-8-22-9-7-20/h4-5,10H,6-9,11H2,1-3H3,(H2,18,19,21). The Labute approximate surface area is 137 Å². The molecular formula is C16H24ClN3O2. The van der Waals surface area contributed by atoms with E-state index in [1.165, 1.54) is 0 Å². The second-order valence-electron chi connectivity index (χ2n) is 6.52. The minimum atomic E-state index is -0.274. The molecule has 2 rings (SSSR count). The van der Waals surface area contributed by atoms with Crippen LogP contribution in [0.25, 0.3) is 0 Å². The van der Waals surface area contributed by atoms with Gasteiger partial charge in [0.15, 0.2) is 0 Å². The van der Waals surface area contributed by atoms with Crippen molar-refractivity contribution in [2.75, 3.05) is 31.6 Å². The fourth-order valence-electron chi connectivity index (χ4n) is 2.26. The maximum absolute atomic E-state index is 11.9. The van der Waals surface area contributed by atoms with Gasteiger partial charge in [0.1, 0.15) is 0 Å². The first-order valence-corrected chi connectivity index (χ1v) is 7.89. The van der Waals surface area contributed by atoms with Crippen LogP contribution in [0.15, 0.2) is 18.2 Å². The number of hydrogen-bond donors (Lipinski definition) is 2. The third-order valence-corrected chi connectivity index (χ3v) is 3.65. The van der Waals surface area contributed by atoms with Gasteiger partial charge in [0, 0.05) is 35.9 Å². The van der Waals surface area contributed by atoms with Crippen molar-refractivity contribution in [3.05, 3.63) is 28.8 Å². The van der Waals surface area contributed by atoms with Crippen molar-refractivity contribution in [2.24, 2.45) is 0 Å². The van der Waals surface area contributed by atoms with Gasteiger partial charge in [0.05, 0.1) is 13.2 Å². The number of nitrogens with zero attached hydrogens (tertiary/aromatic N) is 1. The number of morpholine rings is 1. The summed E-state index contributed by atoms with van der Waals surface area (Å²) in [7, 11) is 0. The van der Waals surface area contributed by atoms with Crippen LogP contribution in [0.5, 0.6) is 0 Å². The number of benzene rings is 1. The third-order valence-electron chi connectivity index (χ3n) is 3.30. The molecule has 122 valence electrons. The van der Waals surface area contributed by atoms with Gasteiger partial charge in [0.2, 0.25) is 0 Å². The molecule has 0 aromatic heterocycles. The molecule has 1 aliphatic heterocycles. The van der Waals surface area contributed by atoms with Crippen molar-refractivity contribution >= 4 is 23.3 Å². The fraction of sp³-hybridized carbons (Fsp3) is 0.562. The van der Waals surface area contributed by atoms with Gasteiger partial charge >= 0.3 is 6.03 Å². The fourth-order valence-corrected chi connectivity index (χ4v) is 2.50. The zero-order chi connectivity index (χ0) is 16.2. The van der Waals surface area contributed by atoms with Crippen LogP contribution in [0, 0.1) is 0 Å². The highest BCUT2D eigenvalue weighted by molar-refractivity contribution is 6.31. The van der Waals surface area contributed by atoms with Gasteiger partial charge in [-0.2, -0.15) is 0 Å². The van der Waals surface area contributed by atoms with Crippen LogP contribution in [-0.2, 0) is 11.3 Å². The first-order valence-electron chi connectivity index (χ1n) is 7.51. The lowest BCUT2D eigenvalue weighted by Gasteiger charge is -2.27.